The highest BCUT2D eigenvalue weighted by atomic mass is 16.3. The van der Waals surface area contributed by atoms with Gasteiger partial charge in [0.2, 0.25) is 0 Å². The molecule has 3 N–H and O–H groups in total. The van der Waals surface area contributed by atoms with Gasteiger partial charge in [-0.15, -0.1) is 0 Å². The molecule has 0 saturated heterocycles. The highest BCUT2D eigenvalue weighted by Crippen LogP contribution is 1.63. The van der Waals surface area contributed by atoms with Gasteiger partial charge in [0.25, 0.3) is 0 Å². The molecule has 0 aromatic heterocycles. The Hall–Kier alpha value is -0.160. The number of hydrogen-bond acceptors (Lipinski definition) is 4. The van der Waals surface area contributed by atoms with E-state index in [9.17, 15) is 0 Å². The van der Waals surface area contributed by atoms with E-state index >= 15 is 0 Å². The Bertz CT molecular complexity index is 50.5. The minimum Gasteiger partial charge on any atom is -0.380 e. The van der Waals surface area contributed by atoms with Crippen molar-refractivity contribution >= 4 is 0 Å². The summed E-state index contributed by atoms with van der Waals surface area (Å²) < 4.78 is 0. The van der Waals surface area contributed by atoms with E-state index < -0.39 is 0 Å². The summed E-state index contributed by atoms with van der Waals surface area (Å²) in [5.41, 5.74) is 2.85. The summed E-state index contributed by atoms with van der Waals surface area (Å²) in [6.07, 6.45) is 0. The van der Waals surface area contributed by atoms with Crippen molar-refractivity contribution in [3.63, 3.8) is 0 Å². The lowest BCUT2D eigenvalue weighted by Gasteiger charge is -2.13. The van der Waals surface area contributed by atoms with Gasteiger partial charge in [-0.2, -0.15) is 0 Å². The monoisotopic (exact) mass is 119 g/mol. The average molecular weight is 119 g/mol. The summed E-state index contributed by atoms with van der Waals surface area (Å²) in [6.45, 7) is 0.707. The Kier molecular flexibility index (Phi) is 4.89. The number of nitrogens with one attached hydrogen (secondary N) is 2. The molecule has 0 spiro atoms. The van der Waals surface area contributed by atoms with Crippen LogP contribution in [0.15, 0.2) is 0 Å². The summed E-state index contributed by atoms with van der Waals surface area (Å²) in [6, 6.07) is 0. The van der Waals surface area contributed by atoms with E-state index in [4.69, 9.17) is 5.11 Å². The predicted molar refractivity (Wildman–Crippen MR) is 31.9 cm³/mol. The lowest BCUT2D eigenvalue weighted by molar-refractivity contribution is 0.0847. The van der Waals surface area contributed by atoms with Crippen molar-refractivity contribution in [3.05, 3.63) is 0 Å². The van der Waals surface area contributed by atoms with E-state index in [0.29, 0.717) is 6.67 Å². The number of hydrazine groups is 1. The highest BCUT2D eigenvalue weighted by molar-refractivity contribution is 4.30. The van der Waals surface area contributed by atoms with Gasteiger partial charge in [-0.25, -0.2) is 10.4 Å². The van der Waals surface area contributed by atoms with Crippen molar-refractivity contribution in [2.45, 2.75) is 0 Å². The molecule has 8 heavy (non-hydrogen) atoms. The largest absolute Gasteiger partial charge is 0.380 e. The molecule has 0 saturated carbocycles. The number of aliphatic hydroxyl groups excluding tert-OH is 1. The molecular weight excluding hydrogens is 106 g/mol. The van der Waals surface area contributed by atoms with Crippen LogP contribution in [0.2, 0.25) is 0 Å². The molecule has 0 aliphatic carbocycles. The van der Waals surface area contributed by atoms with Crippen LogP contribution in [0.4, 0.5) is 0 Å². The van der Waals surface area contributed by atoms with Gasteiger partial charge in [0.05, 0.1) is 6.67 Å². The van der Waals surface area contributed by atoms with Crippen LogP contribution in [0.5, 0.6) is 0 Å². The van der Waals surface area contributed by atoms with Gasteiger partial charge in [-0.3, -0.25) is 0 Å². The van der Waals surface area contributed by atoms with E-state index in [1.807, 2.05) is 7.05 Å². The fourth-order valence-electron chi connectivity index (χ4n) is 0.264. The average Bonchev–Trinajstić information content (AvgIpc) is 1.83. The van der Waals surface area contributed by atoms with Gasteiger partial charge in [0.1, 0.15) is 6.73 Å². The molecule has 0 heterocycles. The van der Waals surface area contributed by atoms with Gasteiger partial charge >= 0.3 is 0 Å². The van der Waals surface area contributed by atoms with Crippen molar-refractivity contribution < 1.29 is 5.11 Å². The summed E-state index contributed by atoms with van der Waals surface area (Å²) in [5, 5.41) is 12.8. The molecule has 0 aromatic carbocycles. The summed E-state index contributed by atoms with van der Waals surface area (Å²) >= 11 is 0. The number of nitrogens with zero attached hydrogens (tertiary/aromatic N) is 1. The van der Waals surface area contributed by atoms with Crippen molar-refractivity contribution in [1.29, 1.82) is 0 Å². The molecule has 0 unspecified atom stereocenters. The summed E-state index contributed by atoms with van der Waals surface area (Å²) in [7, 11) is 3.59. The Balaban J connectivity index is 2.86. The van der Waals surface area contributed by atoms with E-state index in [1.54, 1.807) is 12.1 Å². The van der Waals surface area contributed by atoms with Crippen molar-refractivity contribution in [2.24, 2.45) is 0 Å². The second kappa shape index (κ2) is 4.99. The number of aliphatic hydroxyl groups is 1. The smallest absolute Gasteiger partial charge is 0.108 e. The van der Waals surface area contributed by atoms with Crippen LogP contribution >= 0.6 is 0 Å². The number of hydrogen-bond donors (Lipinski definition) is 3. The molecule has 50 valence electrons. The van der Waals surface area contributed by atoms with Crippen LogP contribution in [-0.4, -0.2) is 37.6 Å². The topological polar surface area (TPSA) is 47.5 Å². The first-order valence-electron chi connectivity index (χ1n) is 2.51. The molecule has 0 radical (unpaired) electrons. The quantitative estimate of drug-likeness (QED) is 0.313. The molecule has 0 aliphatic rings. The molecule has 4 heteroatoms. The second-order valence-electron chi connectivity index (χ2n) is 1.53. The maximum Gasteiger partial charge on any atom is 0.108 e. The van der Waals surface area contributed by atoms with E-state index in [2.05, 4.69) is 10.7 Å². The molecular formula is C4H13N3O. The zero-order chi connectivity index (χ0) is 6.41. The fourth-order valence-corrected chi connectivity index (χ4v) is 0.264. The molecule has 0 rings (SSSR count). The fraction of sp³-hybridized carbons (Fsp3) is 1.00. The first-order valence-corrected chi connectivity index (χ1v) is 2.51. The van der Waals surface area contributed by atoms with E-state index in [0.717, 1.165) is 0 Å². The Morgan fingerprint density at radius 1 is 1.62 bits per heavy atom. The van der Waals surface area contributed by atoms with Crippen molar-refractivity contribution in [3.8, 4) is 0 Å². The normalized spacial score (nSPS) is 10.5. The lowest BCUT2D eigenvalue weighted by atomic mass is 11.0. The van der Waals surface area contributed by atoms with Crippen LogP contribution in [0.25, 0.3) is 0 Å². The molecule has 0 bridgehead atoms. The molecule has 4 nitrogen and oxygen atoms in total. The third-order valence-electron chi connectivity index (χ3n) is 0.738. The summed E-state index contributed by atoms with van der Waals surface area (Å²) in [5.74, 6) is 0. The lowest BCUT2D eigenvalue weighted by Crippen LogP contribution is -2.40. The maximum atomic E-state index is 8.40. The Morgan fingerprint density at radius 2 is 2.25 bits per heavy atom. The van der Waals surface area contributed by atoms with E-state index in [1.165, 1.54) is 0 Å². The van der Waals surface area contributed by atoms with Crippen LogP contribution in [0.3, 0.4) is 0 Å². The minimum absolute atomic E-state index is 0.0294. The van der Waals surface area contributed by atoms with Crippen molar-refractivity contribution in [1.82, 2.24) is 15.8 Å². The Labute approximate surface area is 49.5 Å². The standard InChI is InChI=1S/C4H13N3O/c1-5-3-6-7(2)4-8/h5-6,8H,3-4H2,1-2H3. The minimum atomic E-state index is 0.0294. The molecule has 0 aromatic rings. The predicted octanol–water partition coefficient (Wildman–Crippen LogP) is -1.45. The van der Waals surface area contributed by atoms with Gasteiger partial charge < -0.3 is 10.4 Å². The maximum absolute atomic E-state index is 8.40. The third kappa shape index (κ3) is 4.01. The van der Waals surface area contributed by atoms with Gasteiger partial charge in [-0.1, -0.05) is 0 Å². The van der Waals surface area contributed by atoms with Crippen LogP contribution in [-0.2, 0) is 0 Å². The molecule has 0 aliphatic heterocycles. The zero-order valence-electron chi connectivity index (χ0n) is 5.31. The van der Waals surface area contributed by atoms with E-state index in [-0.39, 0.29) is 6.73 Å². The third-order valence-corrected chi connectivity index (χ3v) is 0.738. The molecule has 0 fully saturated rings. The van der Waals surface area contributed by atoms with Gasteiger partial charge in [-0.05, 0) is 7.05 Å². The van der Waals surface area contributed by atoms with Crippen LogP contribution in [0.1, 0.15) is 0 Å². The van der Waals surface area contributed by atoms with Gasteiger partial charge in [0.15, 0.2) is 0 Å². The zero-order valence-corrected chi connectivity index (χ0v) is 5.31. The van der Waals surface area contributed by atoms with Gasteiger partial charge in [0, 0.05) is 7.05 Å². The first kappa shape index (κ1) is 7.84. The van der Waals surface area contributed by atoms with Crippen LogP contribution < -0.4 is 10.7 Å². The highest BCUT2D eigenvalue weighted by Gasteiger charge is 1.87. The molecule has 0 amide bonds. The SMILES string of the molecule is CNCNN(C)CO. The second-order valence-corrected chi connectivity index (χ2v) is 1.53. The summed E-state index contributed by atoms with van der Waals surface area (Å²) in [4.78, 5) is 0. The van der Waals surface area contributed by atoms with Crippen LogP contribution in [0, 0.1) is 0 Å². The Morgan fingerprint density at radius 3 is 2.62 bits per heavy atom. The molecule has 0 atom stereocenters. The number of rotatable bonds is 4. The first-order chi connectivity index (χ1) is 3.81. The van der Waals surface area contributed by atoms with Crippen molar-refractivity contribution in [2.75, 3.05) is 27.5 Å².